The van der Waals surface area contributed by atoms with Gasteiger partial charge in [0.1, 0.15) is 0 Å². The Morgan fingerprint density at radius 3 is 2.50 bits per heavy atom. The average molecular weight is 215 g/mol. The lowest BCUT2D eigenvalue weighted by Crippen LogP contribution is -2.44. The molecule has 2 rings (SSSR count). The van der Waals surface area contributed by atoms with Gasteiger partial charge >= 0.3 is 0 Å². The van der Waals surface area contributed by atoms with Crippen molar-refractivity contribution in [3.05, 3.63) is 0 Å². The monoisotopic (exact) mass is 215 g/mol. The highest BCUT2D eigenvalue weighted by atomic mass is 32.2. The quantitative estimate of drug-likeness (QED) is 0.736. The van der Waals surface area contributed by atoms with E-state index in [2.05, 4.69) is 17.1 Å². The zero-order valence-corrected chi connectivity index (χ0v) is 9.78. The van der Waals surface area contributed by atoms with Crippen LogP contribution in [0.3, 0.4) is 0 Å². The van der Waals surface area contributed by atoms with Gasteiger partial charge in [0.05, 0.1) is 5.60 Å². The molecule has 0 amide bonds. The molecule has 0 radical (unpaired) electrons. The fourth-order valence-corrected chi connectivity index (χ4v) is 3.57. The molecule has 1 aliphatic carbocycles. The molecule has 2 aliphatic rings. The second-order valence-corrected chi connectivity index (χ2v) is 6.15. The Labute approximate surface area is 90.8 Å². The molecule has 0 aromatic rings. The number of hydrogen-bond acceptors (Lipinski definition) is 3. The van der Waals surface area contributed by atoms with Gasteiger partial charge in [0.2, 0.25) is 0 Å². The molecule has 0 bridgehead atoms. The van der Waals surface area contributed by atoms with Crippen molar-refractivity contribution in [3.8, 4) is 0 Å². The fourth-order valence-electron chi connectivity index (χ4n) is 2.41. The standard InChI is InChI=1S/C11H21NOS/c1-11(13)5-2-9(3-6-11)12-10-4-7-14-8-10/h9-10,12-13H,2-8H2,1H3. The van der Waals surface area contributed by atoms with Crippen LogP contribution < -0.4 is 5.32 Å². The summed E-state index contributed by atoms with van der Waals surface area (Å²) in [5, 5.41) is 13.5. The smallest absolute Gasteiger partial charge is 0.0621 e. The van der Waals surface area contributed by atoms with Crippen LogP contribution in [-0.4, -0.2) is 34.3 Å². The maximum absolute atomic E-state index is 9.82. The van der Waals surface area contributed by atoms with Crippen molar-refractivity contribution in [1.82, 2.24) is 5.32 Å². The third kappa shape index (κ3) is 2.88. The molecule has 1 heterocycles. The number of thioether (sulfide) groups is 1. The molecule has 1 saturated heterocycles. The van der Waals surface area contributed by atoms with Crippen LogP contribution in [0.15, 0.2) is 0 Å². The highest BCUT2D eigenvalue weighted by Crippen LogP contribution is 2.28. The summed E-state index contributed by atoms with van der Waals surface area (Å²) in [6.07, 6.45) is 5.55. The first-order chi connectivity index (χ1) is 6.66. The van der Waals surface area contributed by atoms with Gasteiger partial charge in [-0.1, -0.05) is 0 Å². The van der Waals surface area contributed by atoms with Gasteiger partial charge < -0.3 is 10.4 Å². The minimum absolute atomic E-state index is 0.386. The number of aliphatic hydroxyl groups is 1. The molecule has 1 saturated carbocycles. The van der Waals surface area contributed by atoms with Crippen LogP contribution in [0.25, 0.3) is 0 Å². The molecule has 1 aliphatic heterocycles. The van der Waals surface area contributed by atoms with E-state index >= 15 is 0 Å². The van der Waals surface area contributed by atoms with Gasteiger partial charge in [0.15, 0.2) is 0 Å². The average Bonchev–Trinajstić information content (AvgIpc) is 2.61. The van der Waals surface area contributed by atoms with E-state index in [1.165, 1.54) is 17.9 Å². The minimum atomic E-state index is -0.386. The Hall–Kier alpha value is 0.270. The Morgan fingerprint density at radius 1 is 1.21 bits per heavy atom. The van der Waals surface area contributed by atoms with Crippen molar-refractivity contribution in [2.75, 3.05) is 11.5 Å². The molecule has 0 aromatic carbocycles. The van der Waals surface area contributed by atoms with E-state index in [1.54, 1.807) is 0 Å². The van der Waals surface area contributed by atoms with Crippen molar-refractivity contribution in [2.45, 2.75) is 56.7 Å². The fraction of sp³-hybridized carbons (Fsp3) is 1.00. The van der Waals surface area contributed by atoms with E-state index in [9.17, 15) is 5.11 Å². The lowest BCUT2D eigenvalue weighted by Gasteiger charge is -2.34. The molecule has 0 spiro atoms. The summed E-state index contributed by atoms with van der Waals surface area (Å²) in [6, 6.07) is 1.41. The van der Waals surface area contributed by atoms with Gasteiger partial charge in [-0.25, -0.2) is 0 Å². The number of nitrogens with one attached hydrogen (secondary N) is 1. The van der Waals surface area contributed by atoms with E-state index in [-0.39, 0.29) is 5.60 Å². The summed E-state index contributed by atoms with van der Waals surface area (Å²) in [7, 11) is 0. The summed E-state index contributed by atoms with van der Waals surface area (Å²) in [6.45, 7) is 1.97. The third-order valence-electron chi connectivity index (χ3n) is 3.46. The van der Waals surface area contributed by atoms with Crippen LogP contribution >= 0.6 is 11.8 Å². The van der Waals surface area contributed by atoms with E-state index < -0.39 is 0 Å². The van der Waals surface area contributed by atoms with Crippen LogP contribution in [-0.2, 0) is 0 Å². The zero-order valence-electron chi connectivity index (χ0n) is 8.96. The predicted octanol–water partition coefficient (Wildman–Crippen LogP) is 1.78. The molecule has 2 fully saturated rings. The van der Waals surface area contributed by atoms with Crippen molar-refractivity contribution in [3.63, 3.8) is 0 Å². The summed E-state index contributed by atoms with van der Waals surface area (Å²) >= 11 is 2.06. The van der Waals surface area contributed by atoms with E-state index in [4.69, 9.17) is 0 Å². The second-order valence-electron chi connectivity index (χ2n) is 5.00. The van der Waals surface area contributed by atoms with Crippen LogP contribution in [0.5, 0.6) is 0 Å². The molecule has 2 N–H and O–H groups in total. The molecule has 14 heavy (non-hydrogen) atoms. The molecule has 3 heteroatoms. The van der Waals surface area contributed by atoms with E-state index in [1.807, 2.05) is 6.92 Å². The van der Waals surface area contributed by atoms with Gasteiger partial charge in [-0.3, -0.25) is 0 Å². The van der Waals surface area contributed by atoms with Crippen LogP contribution in [0.1, 0.15) is 39.0 Å². The number of rotatable bonds is 2. The first-order valence-electron chi connectivity index (χ1n) is 5.72. The first-order valence-corrected chi connectivity index (χ1v) is 6.87. The molecule has 0 aromatic heterocycles. The van der Waals surface area contributed by atoms with Crippen LogP contribution in [0.2, 0.25) is 0 Å². The largest absolute Gasteiger partial charge is 0.390 e. The van der Waals surface area contributed by atoms with Crippen LogP contribution in [0.4, 0.5) is 0 Å². The highest BCUT2D eigenvalue weighted by Gasteiger charge is 2.30. The van der Waals surface area contributed by atoms with Crippen molar-refractivity contribution in [2.24, 2.45) is 0 Å². The predicted molar refractivity (Wildman–Crippen MR) is 61.7 cm³/mol. The molecule has 1 atom stereocenters. The summed E-state index contributed by atoms with van der Waals surface area (Å²) < 4.78 is 0. The van der Waals surface area contributed by atoms with Gasteiger partial charge in [0.25, 0.3) is 0 Å². The van der Waals surface area contributed by atoms with Crippen LogP contribution in [0, 0.1) is 0 Å². The molecular formula is C11H21NOS. The minimum Gasteiger partial charge on any atom is -0.390 e. The van der Waals surface area contributed by atoms with Gasteiger partial charge in [-0.05, 0) is 44.8 Å². The summed E-state index contributed by atoms with van der Waals surface area (Å²) in [5.74, 6) is 2.61. The molecule has 1 unspecified atom stereocenters. The normalized spacial score (nSPS) is 44.1. The SMILES string of the molecule is CC1(O)CCC(NC2CCSC2)CC1. The second kappa shape index (κ2) is 4.42. The maximum atomic E-state index is 9.82. The lowest BCUT2D eigenvalue weighted by molar-refractivity contribution is 0.0132. The Balaban J connectivity index is 1.72. The molecule has 2 nitrogen and oxygen atoms in total. The van der Waals surface area contributed by atoms with E-state index in [0.29, 0.717) is 6.04 Å². The van der Waals surface area contributed by atoms with Crippen molar-refractivity contribution in [1.29, 1.82) is 0 Å². The first kappa shape index (κ1) is 10.8. The van der Waals surface area contributed by atoms with Crippen molar-refractivity contribution >= 4 is 11.8 Å². The third-order valence-corrected chi connectivity index (χ3v) is 4.63. The lowest BCUT2D eigenvalue weighted by atomic mass is 9.83. The summed E-state index contributed by atoms with van der Waals surface area (Å²) in [5.41, 5.74) is -0.386. The van der Waals surface area contributed by atoms with E-state index in [0.717, 1.165) is 31.7 Å². The molecular weight excluding hydrogens is 194 g/mol. The topological polar surface area (TPSA) is 32.3 Å². The van der Waals surface area contributed by atoms with Crippen molar-refractivity contribution < 1.29 is 5.11 Å². The maximum Gasteiger partial charge on any atom is 0.0621 e. The highest BCUT2D eigenvalue weighted by molar-refractivity contribution is 7.99. The number of hydrogen-bond donors (Lipinski definition) is 2. The Kier molecular flexibility index (Phi) is 3.40. The van der Waals surface area contributed by atoms with Gasteiger partial charge in [-0.15, -0.1) is 0 Å². The molecule has 82 valence electrons. The van der Waals surface area contributed by atoms with Gasteiger partial charge in [-0.2, -0.15) is 11.8 Å². The Bertz CT molecular complexity index is 180. The zero-order chi connectivity index (χ0) is 10.0. The Morgan fingerprint density at radius 2 is 1.93 bits per heavy atom. The van der Waals surface area contributed by atoms with Gasteiger partial charge in [0, 0.05) is 17.8 Å². The summed E-state index contributed by atoms with van der Waals surface area (Å²) in [4.78, 5) is 0.